The molecule has 0 fully saturated rings. The Morgan fingerprint density at radius 1 is 1.64 bits per heavy atom. The molecule has 1 aromatic rings. The second-order valence-corrected chi connectivity index (χ2v) is 4.09. The van der Waals surface area contributed by atoms with Gasteiger partial charge in [-0.05, 0) is 26.0 Å². The highest BCUT2D eigenvalue weighted by atomic mass is 35.5. The Morgan fingerprint density at radius 2 is 2.36 bits per heavy atom. The Kier molecular flexibility index (Phi) is 3.32. The van der Waals surface area contributed by atoms with Gasteiger partial charge in [0.15, 0.2) is 0 Å². The van der Waals surface area contributed by atoms with Crippen molar-refractivity contribution in [3.63, 3.8) is 0 Å². The highest BCUT2D eigenvalue weighted by Gasteiger charge is 2.16. The molecular weight excluding hydrogens is 198 g/mol. The fourth-order valence-electron chi connectivity index (χ4n) is 0.860. The predicted octanol–water partition coefficient (Wildman–Crippen LogP) is 2.70. The maximum atomic E-state index is 8.80. The average molecular weight is 210 g/mol. The van der Waals surface area contributed by atoms with Gasteiger partial charge in [-0.2, -0.15) is 5.26 Å². The quantitative estimate of drug-likeness (QED) is 0.833. The second kappa shape index (κ2) is 4.30. The summed E-state index contributed by atoms with van der Waals surface area (Å²) in [6.07, 6.45) is 1.66. The zero-order valence-corrected chi connectivity index (χ0v) is 8.97. The minimum absolute atomic E-state index is 0.416. The van der Waals surface area contributed by atoms with E-state index in [0.29, 0.717) is 17.4 Å². The summed E-state index contributed by atoms with van der Waals surface area (Å²) in [6, 6.07) is 5.72. The molecule has 0 spiro atoms. The Hall–Kier alpha value is -1.27. The maximum Gasteiger partial charge on any atom is 0.144 e. The zero-order chi connectivity index (χ0) is 10.6. The van der Waals surface area contributed by atoms with Crippen molar-refractivity contribution < 1.29 is 0 Å². The number of aromatic nitrogens is 1. The van der Waals surface area contributed by atoms with Gasteiger partial charge >= 0.3 is 0 Å². The molecule has 0 aliphatic carbocycles. The molecular formula is C10H12ClN3. The van der Waals surface area contributed by atoms with E-state index in [2.05, 4.69) is 16.4 Å². The van der Waals surface area contributed by atoms with Crippen LogP contribution in [0.4, 0.5) is 5.82 Å². The molecule has 0 saturated heterocycles. The van der Waals surface area contributed by atoms with E-state index in [1.54, 1.807) is 18.3 Å². The van der Waals surface area contributed by atoms with Crippen LogP contribution >= 0.6 is 11.6 Å². The minimum atomic E-state index is -0.416. The van der Waals surface area contributed by atoms with Crippen LogP contribution in [-0.4, -0.2) is 11.5 Å². The molecule has 74 valence electrons. The Bertz CT molecular complexity index is 355. The number of halogens is 1. The van der Waals surface area contributed by atoms with Gasteiger partial charge in [-0.3, -0.25) is 0 Å². The van der Waals surface area contributed by atoms with Crippen molar-refractivity contribution in [3.8, 4) is 6.07 Å². The fourth-order valence-corrected chi connectivity index (χ4v) is 1.05. The SMILES string of the molecule is CC(C)(C#N)CNc1ncccc1Cl. The van der Waals surface area contributed by atoms with E-state index in [1.165, 1.54) is 0 Å². The van der Waals surface area contributed by atoms with Gasteiger partial charge in [-0.25, -0.2) is 4.98 Å². The van der Waals surface area contributed by atoms with E-state index in [-0.39, 0.29) is 0 Å². The monoisotopic (exact) mass is 209 g/mol. The molecule has 0 radical (unpaired) electrons. The maximum absolute atomic E-state index is 8.80. The van der Waals surface area contributed by atoms with E-state index in [1.807, 2.05) is 13.8 Å². The van der Waals surface area contributed by atoms with Crippen molar-refractivity contribution in [2.75, 3.05) is 11.9 Å². The van der Waals surface area contributed by atoms with Crippen LogP contribution in [0, 0.1) is 16.7 Å². The van der Waals surface area contributed by atoms with Crippen molar-refractivity contribution in [1.29, 1.82) is 5.26 Å². The lowest BCUT2D eigenvalue weighted by Gasteiger charge is -2.16. The van der Waals surface area contributed by atoms with Crippen LogP contribution in [0.15, 0.2) is 18.3 Å². The minimum Gasteiger partial charge on any atom is -0.367 e. The van der Waals surface area contributed by atoms with Crippen molar-refractivity contribution in [3.05, 3.63) is 23.4 Å². The first-order chi connectivity index (χ1) is 6.55. The third kappa shape index (κ3) is 2.90. The van der Waals surface area contributed by atoms with Crippen molar-refractivity contribution >= 4 is 17.4 Å². The molecule has 0 amide bonds. The second-order valence-electron chi connectivity index (χ2n) is 3.68. The number of hydrogen-bond acceptors (Lipinski definition) is 3. The topological polar surface area (TPSA) is 48.7 Å². The molecule has 0 unspecified atom stereocenters. The number of nitriles is 1. The molecule has 0 aromatic carbocycles. The third-order valence-corrected chi connectivity index (χ3v) is 2.06. The molecule has 0 aliphatic heterocycles. The molecule has 4 heteroatoms. The number of nitrogens with zero attached hydrogens (tertiary/aromatic N) is 2. The van der Waals surface area contributed by atoms with Crippen LogP contribution in [0.5, 0.6) is 0 Å². The van der Waals surface area contributed by atoms with E-state index >= 15 is 0 Å². The summed E-state index contributed by atoms with van der Waals surface area (Å²) in [5.41, 5.74) is -0.416. The lowest BCUT2D eigenvalue weighted by atomic mass is 9.96. The van der Waals surface area contributed by atoms with E-state index in [9.17, 15) is 0 Å². The van der Waals surface area contributed by atoms with Crippen molar-refractivity contribution in [2.24, 2.45) is 5.41 Å². The van der Waals surface area contributed by atoms with Gasteiger partial charge in [0.05, 0.1) is 16.5 Å². The Morgan fingerprint density at radius 3 is 2.93 bits per heavy atom. The summed E-state index contributed by atoms with van der Waals surface area (Å²) < 4.78 is 0. The van der Waals surface area contributed by atoms with Gasteiger partial charge in [0.2, 0.25) is 0 Å². The van der Waals surface area contributed by atoms with Gasteiger partial charge in [-0.1, -0.05) is 11.6 Å². The van der Waals surface area contributed by atoms with Gasteiger partial charge in [0.25, 0.3) is 0 Å². The Labute approximate surface area is 88.7 Å². The molecule has 0 atom stereocenters. The average Bonchev–Trinajstić information content (AvgIpc) is 2.17. The number of anilines is 1. The smallest absolute Gasteiger partial charge is 0.144 e. The summed E-state index contributed by atoms with van der Waals surface area (Å²) in [5.74, 6) is 0.623. The number of hydrogen-bond donors (Lipinski definition) is 1. The summed E-state index contributed by atoms with van der Waals surface area (Å²) in [5, 5.41) is 12.4. The van der Waals surface area contributed by atoms with Crippen LogP contribution in [0.1, 0.15) is 13.8 Å². The molecule has 0 bridgehead atoms. The first kappa shape index (κ1) is 10.8. The largest absolute Gasteiger partial charge is 0.367 e. The molecule has 1 rings (SSSR count). The normalized spacial score (nSPS) is 10.7. The highest BCUT2D eigenvalue weighted by molar-refractivity contribution is 6.32. The van der Waals surface area contributed by atoms with Crippen LogP contribution in [0.25, 0.3) is 0 Å². The summed E-state index contributed by atoms with van der Waals surface area (Å²) >= 11 is 5.89. The van der Waals surface area contributed by atoms with Crippen LogP contribution in [0.2, 0.25) is 5.02 Å². The third-order valence-electron chi connectivity index (χ3n) is 1.76. The van der Waals surface area contributed by atoms with Gasteiger partial charge in [0.1, 0.15) is 5.82 Å². The van der Waals surface area contributed by atoms with Crippen LogP contribution < -0.4 is 5.32 Å². The molecule has 1 N–H and O–H groups in total. The highest BCUT2D eigenvalue weighted by Crippen LogP contribution is 2.20. The number of nitrogens with one attached hydrogen (secondary N) is 1. The molecule has 0 saturated carbocycles. The molecule has 3 nitrogen and oxygen atoms in total. The van der Waals surface area contributed by atoms with Crippen LogP contribution in [0.3, 0.4) is 0 Å². The van der Waals surface area contributed by atoms with Gasteiger partial charge < -0.3 is 5.32 Å². The van der Waals surface area contributed by atoms with E-state index < -0.39 is 5.41 Å². The predicted molar refractivity (Wildman–Crippen MR) is 57.1 cm³/mol. The first-order valence-corrected chi connectivity index (χ1v) is 4.68. The van der Waals surface area contributed by atoms with Crippen LogP contribution in [-0.2, 0) is 0 Å². The summed E-state index contributed by atoms with van der Waals surface area (Å²) in [6.45, 7) is 4.24. The van der Waals surface area contributed by atoms with Gasteiger partial charge in [0, 0.05) is 12.7 Å². The standard InChI is InChI=1S/C10H12ClN3/c1-10(2,6-12)7-14-9-8(11)4-3-5-13-9/h3-5H,7H2,1-2H3,(H,13,14). The molecule has 14 heavy (non-hydrogen) atoms. The molecule has 1 aromatic heterocycles. The van der Waals surface area contributed by atoms with Gasteiger partial charge in [-0.15, -0.1) is 0 Å². The van der Waals surface area contributed by atoms with E-state index in [0.717, 1.165) is 0 Å². The molecule has 0 aliphatic rings. The first-order valence-electron chi connectivity index (χ1n) is 4.31. The lowest BCUT2D eigenvalue weighted by Crippen LogP contribution is -2.21. The lowest BCUT2D eigenvalue weighted by molar-refractivity contribution is 0.528. The fraction of sp³-hybridized carbons (Fsp3) is 0.400. The zero-order valence-electron chi connectivity index (χ0n) is 8.21. The van der Waals surface area contributed by atoms with Crippen molar-refractivity contribution in [2.45, 2.75) is 13.8 Å². The summed E-state index contributed by atoms with van der Waals surface area (Å²) in [4.78, 5) is 4.06. The Balaban J connectivity index is 2.64. The molecule has 1 heterocycles. The van der Waals surface area contributed by atoms with Crippen molar-refractivity contribution in [1.82, 2.24) is 4.98 Å². The van der Waals surface area contributed by atoms with E-state index in [4.69, 9.17) is 16.9 Å². The summed E-state index contributed by atoms with van der Waals surface area (Å²) in [7, 11) is 0. The number of rotatable bonds is 3. The number of pyridine rings is 1.